The zero-order valence-electron chi connectivity index (χ0n) is 8.35. The Labute approximate surface area is 87.1 Å². The highest BCUT2D eigenvalue weighted by Crippen LogP contribution is 2.47. The SMILES string of the molecule is O=C(O)C1(C(=O)N(CCO)CCO)CC1. The minimum Gasteiger partial charge on any atom is -0.480 e. The number of carboxylic acid groups (broad SMARTS) is 1. The first-order chi connectivity index (χ1) is 7.08. The Morgan fingerprint density at radius 3 is 1.87 bits per heavy atom. The van der Waals surface area contributed by atoms with Crippen molar-refractivity contribution in [3.05, 3.63) is 0 Å². The Hall–Kier alpha value is -1.14. The highest BCUT2D eigenvalue weighted by molar-refractivity contribution is 6.04. The van der Waals surface area contributed by atoms with E-state index < -0.39 is 17.3 Å². The lowest BCUT2D eigenvalue weighted by Crippen LogP contribution is -2.43. The van der Waals surface area contributed by atoms with Crippen molar-refractivity contribution in [3.63, 3.8) is 0 Å². The number of carboxylic acids is 1. The molecule has 3 N–H and O–H groups in total. The van der Waals surface area contributed by atoms with Gasteiger partial charge in [-0.2, -0.15) is 0 Å². The Kier molecular flexibility index (Phi) is 3.65. The van der Waals surface area contributed by atoms with Crippen LogP contribution in [0.2, 0.25) is 0 Å². The number of hydrogen-bond donors (Lipinski definition) is 3. The second-order valence-corrected chi connectivity index (χ2v) is 3.63. The summed E-state index contributed by atoms with van der Waals surface area (Å²) in [6, 6.07) is 0. The molecule has 0 saturated heterocycles. The fourth-order valence-electron chi connectivity index (χ4n) is 1.50. The minimum absolute atomic E-state index is 0.0639. The number of rotatable bonds is 6. The Balaban J connectivity index is 2.67. The van der Waals surface area contributed by atoms with Gasteiger partial charge in [-0.15, -0.1) is 0 Å². The van der Waals surface area contributed by atoms with Gasteiger partial charge in [0.2, 0.25) is 5.91 Å². The fraction of sp³-hybridized carbons (Fsp3) is 0.778. The molecule has 6 nitrogen and oxygen atoms in total. The van der Waals surface area contributed by atoms with E-state index in [4.69, 9.17) is 15.3 Å². The first kappa shape index (κ1) is 11.9. The summed E-state index contributed by atoms with van der Waals surface area (Å²) < 4.78 is 0. The van der Waals surface area contributed by atoms with Crippen LogP contribution in [-0.2, 0) is 9.59 Å². The maximum atomic E-state index is 11.8. The average molecular weight is 217 g/mol. The molecule has 0 radical (unpaired) electrons. The standard InChI is InChI=1S/C9H15NO5/c11-5-3-10(4-6-12)7(13)9(1-2-9)8(14)15/h11-12H,1-6H2,(H,14,15). The van der Waals surface area contributed by atoms with Crippen LogP contribution < -0.4 is 0 Å². The summed E-state index contributed by atoms with van der Waals surface area (Å²) in [6.07, 6.45) is 0.684. The molecule has 1 fully saturated rings. The molecule has 0 atom stereocenters. The van der Waals surface area contributed by atoms with Crippen LogP contribution in [0.25, 0.3) is 0 Å². The molecule has 0 aromatic heterocycles. The van der Waals surface area contributed by atoms with Crippen molar-refractivity contribution in [2.75, 3.05) is 26.3 Å². The summed E-state index contributed by atoms with van der Waals surface area (Å²) in [5, 5.41) is 26.3. The third-order valence-electron chi connectivity index (χ3n) is 2.60. The van der Waals surface area contributed by atoms with Crippen LogP contribution in [-0.4, -0.2) is 58.4 Å². The van der Waals surface area contributed by atoms with E-state index in [1.807, 2.05) is 0 Å². The van der Waals surface area contributed by atoms with Crippen LogP contribution in [0, 0.1) is 5.41 Å². The molecule has 1 amide bonds. The van der Waals surface area contributed by atoms with Crippen LogP contribution in [0.4, 0.5) is 0 Å². The van der Waals surface area contributed by atoms with Gasteiger partial charge in [-0.25, -0.2) is 0 Å². The van der Waals surface area contributed by atoms with Crippen LogP contribution in [0.15, 0.2) is 0 Å². The van der Waals surface area contributed by atoms with Crippen molar-refractivity contribution in [1.29, 1.82) is 0 Å². The predicted molar refractivity (Wildman–Crippen MR) is 50.1 cm³/mol. The van der Waals surface area contributed by atoms with Crippen molar-refractivity contribution >= 4 is 11.9 Å². The lowest BCUT2D eigenvalue weighted by molar-refractivity contribution is -0.154. The van der Waals surface area contributed by atoms with Gasteiger partial charge >= 0.3 is 5.97 Å². The molecule has 0 heterocycles. The molecular weight excluding hydrogens is 202 g/mol. The number of aliphatic carboxylic acids is 1. The van der Waals surface area contributed by atoms with Crippen LogP contribution in [0.5, 0.6) is 0 Å². The van der Waals surface area contributed by atoms with Gasteiger partial charge in [0.25, 0.3) is 0 Å². The molecular formula is C9H15NO5. The van der Waals surface area contributed by atoms with Crippen molar-refractivity contribution in [1.82, 2.24) is 4.90 Å². The molecule has 15 heavy (non-hydrogen) atoms. The molecule has 1 aliphatic carbocycles. The quantitative estimate of drug-likeness (QED) is 0.478. The normalized spacial score (nSPS) is 17.2. The molecule has 0 bridgehead atoms. The zero-order chi connectivity index (χ0) is 11.5. The van der Waals surface area contributed by atoms with E-state index in [1.54, 1.807) is 0 Å². The van der Waals surface area contributed by atoms with E-state index >= 15 is 0 Å². The molecule has 0 aromatic carbocycles. The predicted octanol–water partition coefficient (Wildman–Crippen LogP) is -1.34. The van der Waals surface area contributed by atoms with Crippen LogP contribution in [0.3, 0.4) is 0 Å². The summed E-state index contributed by atoms with van der Waals surface area (Å²) in [4.78, 5) is 23.8. The highest BCUT2D eigenvalue weighted by atomic mass is 16.4. The minimum atomic E-state index is -1.29. The number of carbonyl (C=O) groups is 2. The number of hydrogen-bond acceptors (Lipinski definition) is 4. The topological polar surface area (TPSA) is 98.1 Å². The fourth-order valence-corrected chi connectivity index (χ4v) is 1.50. The molecule has 0 spiro atoms. The lowest BCUT2D eigenvalue weighted by Gasteiger charge is -2.23. The number of aliphatic hydroxyl groups is 2. The molecule has 86 valence electrons. The summed E-state index contributed by atoms with van der Waals surface area (Å²) in [7, 11) is 0. The molecule has 0 aromatic rings. The summed E-state index contributed by atoms with van der Waals surface area (Å²) in [5.41, 5.74) is -1.29. The maximum absolute atomic E-state index is 11.8. The smallest absolute Gasteiger partial charge is 0.319 e. The summed E-state index contributed by atoms with van der Waals surface area (Å²) in [5.74, 6) is -1.62. The van der Waals surface area contributed by atoms with Gasteiger partial charge < -0.3 is 20.2 Å². The van der Waals surface area contributed by atoms with Crippen LogP contribution in [0.1, 0.15) is 12.8 Å². The van der Waals surface area contributed by atoms with E-state index in [1.165, 1.54) is 4.90 Å². The number of carbonyl (C=O) groups excluding carboxylic acids is 1. The Morgan fingerprint density at radius 2 is 1.60 bits per heavy atom. The lowest BCUT2D eigenvalue weighted by atomic mass is 10.1. The van der Waals surface area contributed by atoms with Gasteiger partial charge in [0, 0.05) is 13.1 Å². The maximum Gasteiger partial charge on any atom is 0.319 e. The van der Waals surface area contributed by atoms with Crippen molar-refractivity contribution in [2.45, 2.75) is 12.8 Å². The second-order valence-electron chi connectivity index (χ2n) is 3.63. The van der Waals surface area contributed by atoms with E-state index in [0.29, 0.717) is 12.8 Å². The van der Waals surface area contributed by atoms with Crippen molar-refractivity contribution < 1.29 is 24.9 Å². The molecule has 1 rings (SSSR count). The first-order valence-corrected chi connectivity index (χ1v) is 4.83. The Morgan fingerprint density at radius 1 is 1.13 bits per heavy atom. The monoisotopic (exact) mass is 217 g/mol. The van der Waals surface area contributed by atoms with Crippen molar-refractivity contribution in [2.24, 2.45) is 5.41 Å². The first-order valence-electron chi connectivity index (χ1n) is 4.83. The average Bonchev–Trinajstić information content (AvgIpc) is 2.97. The van der Waals surface area contributed by atoms with Gasteiger partial charge in [0.05, 0.1) is 13.2 Å². The van der Waals surface area contributed by atoms with Crippen molar-refractivity contribution in [3.8, 4) is 0 Å². The van der Waals surface area contributed by atoms with E-state index in [2.05, 4.69) is 0 Å². The highest BCUT2D eigenvalue weighted by Gasteiger charge is 2.58. The van der Waals surface area contributed by atoms with E-state index in [-0.39, 0.29) is 26.3 Å². The summed E-state index contributed by atoms with van der Waals surface area (Å²) in [6.45, 7) is -0.342. The number of amides is 1. The summed E-state index contributed by atoms with van der Waals surface area (Å²) >= 11 is 0. The van der Waals surface area contributed by atoms with E-state index in [0.717, 1.165) is 0 Å². The van der Waals surface area contributed by atoms with Crippen LogP contribution >= 0.6 is 0 Å². The molecule has 0 aliphatic heterocycles. The Bertz CT molecular complexity index is 255. The number of nitrogens with zero attached hydrogens (tertiary/aromatic N) is 1. The zero-order valence-corrected chi connectivity index (χ0v) is 8.35. The third-order valence-corrected chi connectivity index (χ3v) is 2.60. The molecule has 0 unspecified atom stereocenters. The third kappa shape index (κ3) is 2.27. The van der Waals surface area contributed by atoms with Gasteiger partial charge in [0.15, 0.2) is 0 Å². The van der Waals surface area contributed by atoms with Gasteiger partial charge in [0.1, 0.15) is 5.41 Å². The second kappa shape index (κ2) is 4.59. The molecule has 1 aliphatic rings. The van der Waals surface area contributed by atoms with Gasteiger partial charge in [-0.05, 0) is 12.8 Å². The molecule has 6 heteroatoms. The largest absolute Gasteiger partial charge is 0.480 e. The van der Waals surface area contributed by atoms with E-state index in [9.17, 15) is 9.59 Å². The van der Waals surface area contributed by atoms with Gasteiger partial charge in [-0.3, -0.25) is 9.59 Å². The van der Waals surface area contributed by atoms with Gasteiger partial charge in [-0.1, -0.05) is 0 Å². The number of aliphatic hydroxyl groups excluding tert-OH is 2. The molecule has 1 saturated carbocycles.